The van der Waals surface area contributed by atoms with Crippen LogP contribution < -0.4 is 9.05 Å². The van der Waals surface area contributed by atoms with E-state index in [0.717, 1.165) is 81.3 Å². The topological polar surface area (TPSA) is 55.8 Å². The van der Waals surface area contributed by atoms with E-state index >= 15 is 0 Å². The van der Waals surface area contributed by atoms with Crippen LogP contribution >= 0.6 is 7.82 Å². The average molecular weight is 579 g/mol. The van der Waals surface area contributed by atoms with Gasteiger partial charge < -0.3 is 9.05 Å². The van der Waals surface area contributed by atoms with Gasteiger partial charge in [-0.05, 0) is 148 Å². The van der Waals surface area contributed by atoms with Gasteiger partial charge in [-0.1, -0.05) is 36.4 Å². The molecule has 0 aromatic heterocycles. The van der Waals surface area contributed by atoms with E-state index in [1.165, 1.54) is 33.4 Å². The van der Waals surface area contributed by atoms with Crippen molar-refractivity contribution in [2.45, 2.75) is 86.5 Å². The number of benzene rings is 4. The van der Waals surface area contributed by atoms with Crippen molar-refractivity contribution in [1.29, 1.82) is 0 Å². The molecule has 1 aliphatic heterocycles. The SMILES string of the molecule is Cc1cc(C)c(C)c(-c2ccc3c4c2OP(=O)(O)Oc2c(-c5c(C)c(C)cc(C)c5C)ccc5c2C4(CC3)CC5)c1C. The highest BCUT2D eigenvalue weighted by Crippen LogP contribution is 2.65. The Kier molecular flexibility index (Phi) is 5.95. The number of hydrogen-bond donors (Lipinski definition) is 1. The molecule has 3 aliphatic rings. The molecule has 42 heavy (non-hydrogen) atoms. The fourth-order valence-electron chi connectivity index (χ4n) is 8.23. The van der Waals surface area contributed by atoms with Gasteiger partial charge in [0, 0.05) is 27.7 Å². The Morgan fingerprint density at radius 2 is 0.976 bits per heavy atom. The van der Waals surface area contributed by atoms with Crippen LogP contribution in [-0.4, -0.2) is 4.89 Å². The summed E-state index contributed by atoms with van der Waals surface area (Å²) in [5.74, 6) is 1.05. The molecule has 0 amide bonds. The zero-order chi connectivity index (χ0) is 29.9. The predicted octanol–water partition coefficient (Wildman–Crippen LogP) is 9.54. The van der Waals surface area contributed by atoms with E-state index < -0.39 is 7.82 Å². The highest BCUT2D eigenvalue weighted by Gasteiger charge is 2.52. The molecule has 1 heterocycles. The van der Waals surface area contributed by atoms with Gasteiger partial charge in [0.2, 0.25) is 0 Å². The second kappa shape index (κ2) is 9.09. The fraction of sp³-hybridized carbons (Fsp3) is 0.351. The summed E-state index contributed by atoms with van der Waals surface area (Å²) in [6.45, 7) is 17.0. The molecule has 4 nitrogen and oxygen atoms in total. The molecule has 1 spiro atoms. The van der Waals surface area contributed by atoms with Gasteiger partial charge in [-0.15, -0.1) is 0 Å². The van der Waals surface area contributed by atoms with Crippen LogP contribution in [0.15, 0.2) is 36.4 Å². The first kappa shape index (κ1) is 27.5. The van der Waals surface area contributed by atoms with Crippen LogP contribution in [-0.2, 0) is 22.8 Å². The third-order valence-electron chi connectivity index (χ3n) is 10.8. The fourth-order valence-corrected chi connectivity index (χ4v) is 9.11. The molecular weight excluding hydrogens is 539 g/mol. The van der Waals surface area contributed by atoms with Crippen molar-refractivity contribution in [3.8, 4) is 33.8 Å². The Labute approximate surface area is 249 Å². The molecule has 0 saturated heterocycles. The minimum atomic E-state index is -4.57. The minimum Gasteiger partial charge on any atom is -0.394 e. The first-order chi connectivity index (χ1) is 19.8. The third-order valence-corrected chi connectivity index (χ3v) is 11.6. The summed E-state index contributed by atoms with van der Waals surface area (Å²) < 4.78 is 26.7. The number of phosphoric ester groups is 1. The minimum absolute atomic E-state index is 0.330. The molecule has 0 bridgehead atoms. The van der Waals surface area contributed by atoms with E-state index in [4.69, 9.17) is 9.05 Å². The molecule has 5 heteroatoms. The van der Waals surface area contributed by atoms with Crippen molar-refractivity contribution >= 4 is 7.82 Å². The van der Waals surface area contributed by atoms with Crippen LogP contribution in [0.3, 0.4) is 0 Å². The summed E-state index contributed by atoms with van der Waals surface area (Å²) in [6.07, 6.45) is 3.66. The second-order valence-electron chi connectivity index (χ2n) is 13.0. The van der Waals surface area contributed by atoms with Crippen molar-refractivity contribution in [1.82, 2.24) is 0 Å². The van der Waals surface area contributed by atoms with Crippen LogP contribution in [0.5, 0.6) is 11.5 Å². The van der Waals surface area contributed by atoms with Gasteiger partial charge in [0.15, 0.2) is 0 Å². The van der Waals surface area contributed by atoms with Crippen LogP contribution in [0.1, 0.15) is 79.6 Å². The molecule has 216 valence electrons. The number of rotatable bonds is 2. The van der Waals surface area contributed by atoms with E-state index in [9.17, 15) is 9.46 Å². The molecule has 2 aliphatic carbocycles. The Balaban J connectivity index is 1.58. The standard InChI is InChI=1S/C37H39O4P/c1-19-17-20(2)24(6)31(23(19)5)29-11-9-27-13-15-37-16-14-28-10-12-30(32-25(7)21(3)18-22(4)26(32)8)36(34(28)37)41-42(38,39)40-35(29)33(27)37/h9-12,17-18H,13-16H2,1-8H3,(H,38,39). The molecule has 0 fully saturated rings. The quantitative estimate of drug-likeness (QED) is 0.241. The van der Waals surface area contributed by atoms with Gasteiger partial charge in [0.25, 0.3) is 0 Å². The highest BCUT2D eigenvalue weighted by atomic mass is 31.2. The summed E-state index contributed by atoms with van der Waals surface area (Å²) in [5.41, 5.74) is 17.6. The first-order valence-corrected chi connectivity index (χ1v) is 16.5. The number of hydrogen-bond acceptors (Lipinski definition) is 3. The van der Waals surface area contributed by atoms with Gasteiger partial charge in [-0.25, -0.2) is 4.57 Å². The lowest BCUT2D eigenvalue weighted by Crippen LogP contribution is -2.25. The van der Waals surface area contributed by atoms with E-state index in [1.54, 1.807) is 0 Å². The molecule has 1 N–H and O–H groups in total. The summed E-state index contributed by atoms with van der Waals surface area (Å²) in [4.78, 5) is 11.5. The van der Waals surface area contributed by atoms with Gasteiger partial charge in [0.05, 0.1) is 0 Å². The molecule has 7 rings (SSSR count). The zero-order valence-electron chi connectivity index (χ0n) is 25.9. The monoisotopic (exact) mass is 578 g/mol. The van der Waals surface area contributed by atoms with E-state index in [2.05, 4.69) is 91.8 Å². The van der Waals surface area contributed by atoms with E-state index in [1.807, 2.05) is 0 Å². The maximum Gasteiger partial charge on any atom is 0.584 e. The third kappa shape index (κ3) is 3.68. The van der Waals surface area contributed by atoms with Crippen LogP contribution in [0.25, 0.3) is 22.3 Å². The lowest BCUT2D eigenvalue weighted by Gasteiger charge is -2.35. The maximum atomic E-state index is 14.1. The first-order valence-electron chi connectivity index (χ1n) is 15.0. The molecule has 0 radical (unpaired) electrons. The summed E-state index contributed by atoms with van der Waals surface area (Å²) in [7, 11) is -4.57. The largest absolute Gasteiger partial charge is 0.584 e. The average Bonchev–Trinajstić information content (AvgIpc) is 3.49. The van der Waals surface area contributed by atoms with Gasteiger partial charge >= 0.3 is 7.82 Å². The molecule has 0 unspecified atom stereocenters. The van der Waals surface area contributed by atoms with Crippen molar-refractivity contribution < 1.29 is 18.5 Å². The van der Waals surface area contributed by atoms with Crippen LogP contribution in [0.4, 0.5) is 0 Å². The molecular formula is C37H39O4P. The Bertz CT molecular complexity index is 1730. The lowest BCUT2D eigenvalue weighted by molar-refractivity contribution is 0.281. The molecule has 0 saturated carbocycles. The normalized spacial score (nSPS) is 17.2. The van der Waals surface area contributed by atoms with Crippen molar-refractivity contribution in [3.63, 3.8) is 0 Å². The van der Waals surface area contributed by atoms with Gasteiger partial charge in [0.1, 0.15) is 11.5 Å². The second-order valence-corrected chi connectivity index (χ2v) is 14.3. The smallest absolute Gasteiger partial charge is 0.394 e. The molecule has 4 aromatic carbocycles. The molecule has 0 atom stereocenters. The van der Waals surface area contributed by atoms with E-state index in [0.29, 0.717) is 11.5 Å². The van der Waals surface area contributed by atoms with Gasteiger partial charge in [-0.3, -0.25) is 4.89 Å². The van der Waals surface area contributed by atoms with Crippen molar-refractivity contribution in [3.05, 3.63) is 103 Å². The summed E-state index contributed by atoms with van der Waals surface area (Å²) in [5, 5.41) is 0. The lowest BCUT2D eigenvalue weighted by atomic mass is 9.73. The Morgan fingerprint density at radius 3 is 1.33 bits per heavy atom. The summed E-state index contributed by atoms with van der Waals surface area (Å²) >= 11 is 0. The number of aryl methyl sites for hydroxylation is 6. The Hall–Kier alpha value is -3.33. The van der Waals surface area contributed by atoms with Crippen LogP contribution in [0.2, 0.25) is 0 Å². The predicted molar refractivity (Wildman–Crippen MR) is 170 cm³/mol. The van der Waals surface area contributed by atoms with E-state index in [-0.39, 0.29) is 5.41 Å². The van der Waals surface area contributed by atoms with Gasteiger partial charge in [-0.2, -0.15) is 0 Å². The summed E-state index contributed by atoms with van der Waals surface area (Å²) in [6, 6.07) is 13.1. The van der Waals surface area contributed by atoms with Crippen LogP contribution in [0, 0.1) is 55.4 Å². The highest BCUT2D eigenvalue weighted by molar-refractivity contribution is 7.48. The van der Waals surface area contributed by atoms with Crippen molar-refractivity contribution in [2.75, 3.05) is 0 Å². The zero-order valence-corrected chi connectivity index (χ0v) is 26.8. The molecule has 4 aromatic rings. The number of phosphoric acid groups is 1. The Morgan fingerprint density at radius 1 is 0.619 bits per heavy atom. The maximum absolute atomic E-state index is 14.1. The van der Waals surface area contributed by atoms with Crippen molar-refractivity contribution in [2.24, 2.45) is 0 Å².